The molecule has 1 aromatic heterocycles. The van der Waals surface area contributed by atoms with Crippen LogP contribution in [0.2, 0.25) is 0 Å². The Labute approximate surface area is 169 Å². The minimum Gasteiger partial charge on any atom is -0.481 e. The molecule has 9 heteroatoms. The molecule has 0 spiro atoms. The average Bonchev–Trinajstić information content (AvgIpc) is 3.15. The van der Waals surface area contributed by atoms with Crippen LogP contribution in [0, 0.1) is 6.92 Å². The molecule has 9 nitrogen and oxygen atoms in total. The summed E-state index contributed by atoms with van der Waals surface area (Å²) in [4.78, 5) is 30.4. The van der Waals surface area contributed by atoms with E-state index in [0.29, 0.717) is 29.3 Å². The molecule has 0 saturated carbocycles. The number of rotatable bonds is 9. The third-order valence-electron chi connectivity index (χ3n) is 4.80. The van der Waals surface area contributed by atoms with Gasteiger partial charge in [-0.1, -0.05) is 17.3 Å². The van der Waals surface area contributed by atoms with Gasteiger partial charge < -0.3 is 19.7 Å². The van der Waals surface area contributed by atoms with E-state index in [-0.39, 0.29) is 12.3 Å². The maximum atomic E-state index is 12.7. The second kappa shape index (κ2) is 10.1. The van der Waals surface area contributed by atoms with Gasteiger partial charge in [-0.05, 0) is 31.5 Å². The molecular formula is C20H26N4O5. The van der Waals surface area contributed by atoms with Crippen LogP contribution >= 0.6 is 0 Å². The molecule has 2 aromatic rings. The van der Waals surface area contributed by atoms with Crippen molar-refractivity contribution in [2.45, 2.75) is 32.2 Å². The van der Waals surface area contributed by atoms with Crippen molar-refractivity contribution in [3.63, 3.8) is 0 Å². The number of nitrogens with one attached hydrogen (secondary N) is 1. The molecule has 0 aliphatic carbocycles. The van der Waals surface area contributed by atoms with Crippen molar-refractivity contribution in [1.82, 2.24) is 20.4 Å². The van der Waals surface area contributed by atoms with Crippen molar-refractivity contribution in [1.29, 1.82) is 0 Å². The zero-order valence-electron chi connectivity index (χ0n) is 16.5. The predicted molar refractivity (Wildman–Crippen MR) is 104 cm³/mol. The number of hydrogen-bond acceptors (Lipinski definition) is 7. The summed E-state index contributed by atoms with van der Waals surface area (Å²) >= 11 is 0. The first-order valence-electron chi connectivity index (χ1n) is 9.75. The average molecular weight is 402 g/mol. The van der Waals surface area contributed by atoms with Crippen LogP contribution in [0.3, 0.4) is 0 Å². The highest BCUT2D eigenvalue weighted by Crippen LogP contribution is 2.17. The first-order valence-corrected chi connectivity index (χ1v) is 9.75. The summed E-state index contributed by atoms with van der Waals surface area (Å²) in [6.45, 7) is 5.79. The lowest BCUT2D eigenvalue weighted by Crippen LogP contribution is -2.39. The van der Waals surface area contributed by atoms with Gasteiger partial charge >= 0.3 is 5.97 Å². The number of benzene rings is 1. The van der Waals surface area contributed by atoms with Gasteiger partial charge in [-0.15, -0.1) is 0 Å². The number of nitrogens with zero attached hydrogens (tertiary/aromatic N) is 3. The zero-order valence-corrected chi connectivity index (χ0v) is 16.5. The molecule has 0 radical (unpaired) electrons. The van der Waals surface area contributed by atoms with Gasteiger partial charge in [-0.3, -0.25) is 14.5 Å². The minimum absolute atomic E-state index is 0.113. The van der Waals surface area contributed by atoms with Crippen LogP contribution in [-0.4, -0.2) is 70.9 Å². The first-order chi connectivity index (χ1) is 14.0. The lowest BCUT2D eigenvalue weighted by Gasteiger charge is -2.27. The molecule has 1 fully saturated rings. The van der Waals surface area contributed by atoms with Crippen LogP contribution in [0.1, 0.15) is 35.5 Å². The normalized spacial score (nSPS) is 15.8. The number of hydrogen-bond donors (Lipinski definition) is 2. The summed E-state index contributed by atoms with van der Waals surface area (Å²) in [6, 6.07) is 6.44. The smallest absolute Gasteiger partial charge is 0.305 e. The largest absolute Gasteiger partial charge is 0.481 e. The number of carbonyl (C=O) groups excluding carboxylic acids is 1. The third kappa shape index (κ3) is 6.37. The molecule has 1 amide bonds. The van der Waals surface area contributed by atoms with Gasteiger partial charge in [0.2, 0.25) is 11.7 Å². The van der Waals surface area contributed by atoms with Crippen molar-refractivity contribution in [3.05, 3.63) is 35.7 Å². The summed E-state index contributed by atoms with van der Waals surface area (Å²) in [5.41, 5.74) is 1.09. The van der Waals surface area contributed by atoms with E-state index in [1.54, 1.807) is 31.2 Å². The highest BCUT2D eigenvalue weighted by Gasteiger charge is 2.19. The van der Waals surface area contributed by atoms with E-state index in [0.717, 1.165) is 39.3 Å². The van der Waals surface area contributed by atoms with Crippen molar-refractivity contribution >= 4 is 11.9 Å². The van der Waals surface area contributed by atoms with Crippen LogP contribution < -0.4 is 5.32 Å². The lowest BCUT2D eigenvalue weighted by molar-refractivity contribution is -0.137. The Morgan fingerprint density at radius 2 is 2.10 bits per heavy atom. The van der Waals surface area contributed by atoms with Crippen LogP contribution in [-0.2, 0) is 9.53 Å². The van der Waals surface area contributed by atoms with Gasteiger partial charge in [0.25, 0.3) is 5.91 Å². The number of carboxylic acid groups (broad SMARTS) is 1. The Kier molecular flexibility index (Phi) is 7.31. The van der Waals surface area contributed by atoms with Gasteiger partial charge in [-0.25, -0.2) is 0 Å². The highest BCUT2D eigenvalue weighted by molar-refractivity contribution is 5.95. The Morgan fingerprint density at radius 1 is 1.31 bits per heavy atom. The quantitative estimate of drug-likeness (QED) is 0.651. The fourth-order valence-electron chi connectivity index (χ4n) is 3.31. The van der Waals surface area contributed by atoms with E-state index in [4.69, 9.17) is 9.26 Å². The molecule has 1 aliphatic heterocycles. The van der Waals surface area contributed by atoms with Crippen molar-refractivity contribution in [2.24, 2.45) is 0 Å². The molecule has 1 unspecified atom stereocenters. The lowest BCUT2D eigenvalue weighted by atomic mass is 10.1. The number of aromatic nitrogens is 2. The highest BCUT2D eigenvalue weighted by atomic mass is 16.5. The molecular weight excluding hydrogens is 376 g/mol. The number of aliphatic carboxylic acids is 1. The van der Waals surface area contributed by atoms with Crippen LogP contribution in [0.15, 0.2) is 28.8 Å². The van der Waals surface area contributed by atoms with Gasteiger partial charge in [0, 0.05) is 37.2 Å². The predicted octanol–water partition coefficient (Wildman–Crippen LogP) is 1.73. The van der Waals surface area contributed by atoms with E-state index in [9.17, 15) is 14.7 Å². The Balaban J connectivity index is 1.59. The second-order valence-electron chi connectivity index (χ2n) is 7.08. The number of morpholine rings is 1. The van der Waals surface area contributed by atoms with Crippen LogP contribution in [0.25, 0.3) is 11.4 Å². The van der Waals surface area contributed by atoms with Gasteiger partial charge in [0.15, 0.2) is 0 Å². The first kappa shape index (κ1) is 20.9. The van der Waals surface area contributed by atoms with E-state index >= 15 is 0 Å². The standard InChI is InChI=1S/C20H26N4O5/c1-14-21-19(23-29-14)15-4-2-5-16(12-15)20(27)22-17(13-18(25)26)6-3-7-24-8-10-28-11-9-24/h2,4-5,12,17H,3,6-11,13H2,1H3,(H,22,27)(H,25,26). The fourth-order valence-corrected chi connectivity index (χ4v) is 3.31. The van der Waals surface area contributed by atoms with Crippen LogP contribution in [0.4, 0.5) is 0 Å². The number of amides is 1. The van der Waals surface area contributed by atoms with Crippen molar-refractivity contribution < 1.29 is 24.0 Å². The maximum absolute atomic E-state index is 12.7. The summed E-state index contributed by atoms with van der Waals surface area (Å²) < 4.78 is 10.3. The zero-order chi connectivity index (χ0) is 20.6. The van der Waals surface area contributed by atoms with Gasteiger partial charge in [-0.2, -0.15) is 4.98 Å². The summed E-state index contributed by atoms with van der Waals surface area (Å²) in [5, 5.41) is 15.9. The number of aryl methyl sites for hydroxylation is 1. The second-order valence-corrected chi connectivity index (χ2v) is 7.08. The Hall–Kier alpha value is -2.78. The van der Waals surface area contributed by atoms with E-state index in [1.807, 2.05) is 0 Å². The molecule has 3 rings (SSSR count). The fraction of sp³-hybridized carbons (Fsp3) is 0.500. The molecule has 1 saturated heterocycles. The molecule has 2 heterocycles. The topological polar surface area (TPSA) is 118 Å². The van der Waals surface area contributed by atoms with Gasteiger partial charge in [0.05, 0.1) is 19.6 Å². The monoisotopic (exact) mass is 402 g/mol. The molecule has 1 atom stereocenters. The molecule has 1 aliphatic rings. The SMILES string of the molecule is Cc1nc(-c2cccc(C(=O)NC(CCCN3CCOCC3)CC(=O)O)c2)no1. The van der Waals surface area contributed by atoms with Crippen LogP contribution in [0.5, 0.6) is 0 Å². The summed E-state index contributed by atoms with van der Waals surface area (Å²) in [5.74, 6) is -0.399. The third-order valence-corrected chi connectivity index (χ3v) is 4.80. The summed E-state index contributed by atoms with van der Waals surface area (Å²) in [6.07, 6.45) is 1.29. The maximum Gasteiger partial charge on any atom is 0.305 e. The molecule has 2 N–H and O–H groups in total. The number of carboxylic acids is 1. The molecule has 0 bridgehead atoms. The molecule has 1 aromatic carbocycles. The molecule has 29 heavy (non-hydrogen) atoms. The summed E-state index contributed by atoms with van der Waals surface area (Å²) in [7, 11) is 0. The molecule has 156 valence electrons. The van der Waals surface area contributed by atoms with E-state index < -0.39 is 12.0 Å². The van der Waals surface area contributed by atoms with Crippen molar-refractivity contribution in [2.75, 3.05) is 32.8 Å². The van der Waals surface area contributed by atoms with Gasteiger partial charge in [0.1, 0.15) is 0 Å². The minimum atomic E-state index is -0.933. The van der Waals surface area contributed by atoms with Crippen molar-refractivity contribution in [3.8, 4) is 11.4 Å². The number of ether oxygens (including phenoxy) is 1. The Morgan fingerprint density at radius 3 is 2.79 bits per heavy atom. The van der Waals surface area contributed by atoms with E-state index in [2.05, 4.69) is 20.4 Å². The Bertz CT molecular complexity index is 832. The number of carbonyl (C=O) groups is 2. The van der Waals surface area contributed by atoms with E-state index in [1.165, 1.54) is 0 Å².